The second kappa shape index (κ2) is 8.24. The summed E-state index contributed by atoms with van der Waals surface area (Å²) in [6, 6.07) is 12.8. The average Bonchev–Trinajstić information content (AvgIpc) is 3.28. The van der Waals surface area contributed by atoms with E-state index >= 15 is 0 Å². The molecule has 7 heteroatoms. The molecular weight excluding hydrogens is 384 g/mol. The zero-order chi connectivity index (χ0) is 21.1. The summed E-state index contributed by atoms with van der Waals surface area (Å²) >= 11 is 0. The number of methoxy groups -OCH3 is 1. The first-order valence-electron chi connectivity index (χ1n) is 9.50. The standard InChI is InChI=1S/C23H20N2O5/c1-29-21-11-19-16(9-17(21)22-12-24-13-30-22)20(26)10-18(25-19)15-7-5-14(6-8-15)3-2-4-23(27)28/h5-13H,2-4H2,1H3,(H,25,26)(H,27,28). The van der Waals surface area contributed by atoms with Crippen molar-refractivity contribution in [2.75, 3.05) is 7.11 Å². The molecule has 30 heavy (non-hydrogen) atoms. The first-order valence-corrected chi connectivity index (χ1v) is 9.50. The van der Waals surface area contributed by atoms with Gasteiger partial charge in [-0.2, -0.15) is 0 Å². The Bertz CT molecular complexity index is 1240. The van der Waals surface area contributed by atoms with Gasteiger partial charge in [0.2, 0.25) is 0 Å². The molecule has 2 heterocycles. The Balaban J connectivity index is 1.68. The van der Waals surface area contributed by atoms with Crippen molar-refractivity contribution in [2.45, 2.75) is 19.3 Å². The summed E-state index contributed by atoms with van der Waals surface area (Å²) in [4.78, 5) is 30.7. The number of nitrogens with one attached hydrogen (secondary N) is 1. The van der Waals surface area contributed by atoms with Gasteiger partial charge < -0.3 is 19.2 Å². The van der Waals surface area contributed by atoms with Gasteiger partial charge in [0.05, 0.1) is 24.4 Å². The van der Waals surface area contributed by atoms with E-state index in [1.165, 1.54) is 6.39 Å². The number of hydrogen-bond donors (Lipinski definition) is 2. The van der Waals surface area contributed by atoms with Gasteiger partial charge in [-0.05, 0) is 30.0 Å². The summed E-state index contributed by atoms with van der Waals surface area (Å²) in [5.74, 6) is 0.304. The Hall–Kier alpha value is -3.87. The Morgan fingerprint density at radius 2 is 2.00 bits per heavy atom. The zero-order valence-corrected chi connectivity index (χ0v) is 16.3. The minimum Gasteiger partial charge on any atom is -0.496 e. The number of rotatable bonds is 7. The van der Waals surface area contributed by atoms with Gasteiger partial charge >= 0.3 is 5.97 Å². The number of aromatic amines is 1. The highest BCUT2D eigenvalue weighted by molar-refractivity contribution is 5.88. The fourth-order valence-electron chi connectivity index (χ4n) is 3.44. The quantitative estimate of drug-likeness (QED) is 0.477. The van der Waals surface area contributed by atoms with Gasteiger partial charge in [-0.15, -0.1) is 0 Å². The predicted molar refractivity (Wildman–Crippen MR) is 113 cm³/mol. The molecule has 2 N–H and O–H groups in total. The van der Waals surface area contributed by atoms with Crippen molar-refractivity contribution in [1.82, 2.24) is 9.97 Å². The number of aliphatic carboxylic acids is 1. The number of ether oxygens (including phenoxy) is 1. The summed E-state index contributed by atoms with van der Waals surface area (Å²) < 4.78 is 10.8. The first-order chi connectivity index (χ1) is 14.5. The normalized spacial score (nSPS) is 11.0. The van der Waals surface area contributed by atoms with Crippen LogP contribution in [0.1, 0.15) is 18.4 Å². The van der Waals surface area contributed by atoms with E-state index in [1.54, 1.807) is 31.5 Å². The Morgan fingerprint density at radius 3 is 2.67 bits per heavy atom. The maximum Gasteiger partial charge on any atom is 0.303 e. The molecule has 4 aromatic rings. The van der Waals surface area contributed by atoms with Crippen molar-refractivity contribution in [3.8, 4) is 28.3 Å². The largest absolute Gasteiger partial charge is 0.496 e. The van der Waals surface area contributed by atoms with Crippen LogP contribution >= 0.6 is 0 Å². The molecule has 2 aromatic heterocycles. The average molecular weight is 404 g/mol. The van der Waals surface area contributed by atoms with Crippen LogP contribution in [-0.4, -0.2) is 28.2 Å². The third-order valence-electron chi connectivity index (χ3n) is 4.97. The van der Waals surface area contributed by atoms with Crippen LogP contribution in [-0.2, 0) is 11.2 Å². The number of nitrogens with zero attached hydrogens (tertiary/aromatic N) is 1. The lowest BCUT2D eigenvalue weighted by Gasteiger charge is -2.10. The van der Waals surface area contributed by atoms with Crippen molar-refractivity contribution >= 4 is 16.9 Å². The molecule has 0 saturated heterocycles. The molecular formula is C23H20N2O5. The zero-order valence-electron chi connectivity index (χ0n) is 16.3. The van der Waals surface area contributed by atoms with Crippen LogP contribution in [0.2, 0.25) is 0 Å². The summed E-state index contributed by atoms with van der Waals surface area (Å²) in [6.07, 6.45) is 4.34. The van der Waals surface area contributed by atoms with Gasteiger partial charge in [0, 0.05) is 29.6 Å². The van der Waals surface area contributed by atoms with Crippen LogP contribution in [0.15, 0.2) is 64.3 Å². The van der Waals surface area contributed by atoms with E-state index in [0.717, 1.165) is 11.1 Å². The molecule has 0 aliphatic rings. The van der Waals surface area contributed by atoms with Crippen LogP contribution in [0.5, 0.6) is 5.75 Å². The molecule has 0 saturated carbocycles. The fourth-order valence-corrected chi connectivity index (χ4v) is 3.44. The molecule has 0 aliphatic heterocycles. The Labute approximate surface area is 172 Å². The lowest BCUT2D eigenvalue weighted by molar-refractivity contribution is -0.137. The highest BCUT2D eigenvalue weighted by Crippen LogP contribution is 2.33. The maximum absolute atomic E-state index is 12.8. The molecule has 0 radical (unpaired) electrons. The van der Waals surface area contributed by atoms with Crippen LogP contribution in [0.4, 0.5) is 0 Å². The first kappa shape index (κ1) is 19.4. The van der Waals surface area contributed by atoms with Gasteiger partial charge in [0.1, 0.15) is 5.75 Å². The summed E-state index contributed by atoms with van der Waals surface area (Å²) in [5.41, 5.74) is 3.82. The van der Waals surface area contributed by atoms with E-state index in [2.05, 4.69) is 9.97 Å². The maximum atomic E-state index is 12.8. The number of fused-ring (bicyclic) bond motifs is 1. The van der Waals surface area contributed by atoms with Crippen molar-refractivity contribution in [1.29, 1.82) is 0 Å². The van der Waals surface area contributed by atoms with E-state index in [0.29, 0.717) is 46.5 Å². The number of carboxylic acid groups (broad SMARTS) is 1. The summed E-state index contributed by atoms with van der Waals surface area (Å²) in [6.45, 7) is 0. The number of aryl methyl sites for hydroxylation is 1. The molecule has 0 unspecified atom stereocenters. The highest BCUT2D eigenvalue weighted by atomic mass is 16.5. The molecule has 7 nitrogen and oxygen atoms in total. The smallest absolute Gasteiger partial charge is 0.303 e. The summed E-state index contributed by atoms with van der Waals surface area (Å²) in [5, 5.41) is 9.28. The van der Waals surface area contributed by atoms with Gasteiger partial charge in [-0.25, -0.2) is 4.98 Å². The van der Waals surface area contributed by atoms with E-state index in [1.807, 2.05) is 24.3 Å². The van der Waals surface area contributed by atoms with Gasteiger partial charge in [0.15, 0.2) is 17.6 Å². The lowest BCUT2D eigenvalue weighted by Crippen LogP contribution is -2.04. The Kier molecular flexibility index (Phi) is 5.34. The molecule has 0 spiro atoms. The third-order valence-corrected chi connectivity index (χ3v) is 4.97. The second-order valence-electron chi connectivity index (χ2n) is 6.96. The van der Waals surface area contributed by atoms with Crippen LogP contribution in [0.25, 0.3) is 33.5 Å². The summed E-state index contributed by atoms with van der Waals surface area (Å²) in [7, 11) is 1.56. The number of carbonyl (C=O) groups is 1. The number of oxazole rings is 1. The number of aromatic nitrogens is 2. The molecule has 0 atom stereocenters. The monoisotopic (exact) mass is 404 g/mol. The highest BCUT2D eigenvalue weighted by Gasteiger charge is 2.14. The van der Waals surface area contributed by atoms with Crippen molar-refractivity contribution in [3.63, 3.8) is 0 Å². The SMILES string of the molecule is COc1cc2[nH]c(-c3ccc(CCCC(=O)O)cc3)cc(=O)c2cc1-c1cnco1. The van der Waals surface area contributed by atoms with Crippen LogP contribution < -0.4 is 10.2 Å². The van der Waals surface area contributed by atoms with Crippen LogP contribution in [0, 0.1) is 0 Å². The number of H-pyrrole nitrogens is 1. The lowest BCUT2D eigenvalue weighted by atomic mass is 10.0. The minimum absolute atomic E-state index is 0.118. The van der Waals surface area contributed by atoms with E-state index in [9.17, 15) is 9.59 Å². The number of hydrogen-bond acceptors (Lipinski definition) is 5. The van der Waals surface area contributed by atoms with E-state index < -0.39 is 5.97 Å². The second-order valence-corrected chi connectivity index (χ2v) is 6.96. The van der Waals surface area contributed by atoms with Crippen molar-refractivity contribution < 1.29 is 19.1 Å². The Morgan fingerprint density at radius 1 is 1.20 bits per heavy atom. The molecule has 0 aliphatic carbocycles. The minimum atomic E-state index is -0.790. The number of carboxylic acids is 1. The van der Waals surface area contributed by atoms with Gasteiger partial charge in [0.25, 0.3) is 0 Å². The molecule has 4 rings (SSSR count). The topological polar surface area (TPSA) is 105 Å². The van der Waals surface area contributed by atoms with Gasteiger partial charge in [-0.3, -0.25) is 9.59 Å². The predicted octanol–water partition coefficient (Wildman–Crippen LogP) is 4.27. The van der Waals surface area contributed by atoms with E-state index in [4.69, 9.17) is 14.3 Å². The molecule has 0 fully saturated rings. The molecule has 152 valence electrons. The number of pyridine rings is 1. The van der Waals surface area contributed by atoms with Crippen molar-refractivity contribution in [2.24, 2.45) is 0 Å². The third kappa shape index (κ3) is 3.96. The van der Waals surface area contributed by atoms with Crippen molar-refractivity contribution in [3.05, 3.63) is 70.8 Å². The van der Waals surface area contributed by atoms with E-state index in [-0.39, 0.29) is 11.8 Å². The molecule has 2 aromatic carbocycles. The number of benzene rings is 2. The molecule has 0 bridgehead atoms. The van der Waals surface area contributed by atoms with Crippen LogP contribution in [0.3, 0.4) is 0 Å². The molecule has 0 amide bonds. The van der Waals surface area contributed by atoms with Gasteiger partial charge in [-0.1, -0.05) is 24.3 Å². The fraction of sp³-hybridized carbons (Fsp3) is 0.174.